The molecular formula is C50H65N4O5STl+2. The summed E-state index contributed by atoms with van der Waals surface area (Å²) in [7, 11) is 4.33. The van der Waals surface area contributed by atoms with Crippen LogP contribution in [0, 0.1) is 6.92 Å². The minimum absolute atomic E-state index is 0.0977. The van der Waals surface area contributed by atoms with Gasteiger partial charge in [-0.05, 0) is 70.6 Å². The molecule has 1 aliphatic carbocycles. The summed E-state index contributed by atoms with van der Waals surface area (Å²) >= 11 is 0.358. The van der Waals surface area contributed by atoms with E-state index in [9.17, 15) is 17.8 Å². The van der Waals surface area contributed by atoms with Crippen LogP contribution in [0.3, 0.4) is 0 Å². The standard InChI is InChI=1S/C50H64N4O5S.Tl/c1-36-17-25-44-42(34-36)49(2,3)46(53(44)31-13-32-54(7,8)9)27-20-38-15-10-16-39(48(38)59-40-22-18-37(19-23-40)14-11-33-55)21-28-47-50(4,5)43-35-41(60(56,57)58)24-26-45(43)52(47)30-12-29-51-6;/h17-28,34-35,51H,10-16,29-32H2,1-9H3;/q+1;/p+1. The normalized spacial score (nSPS) is 18.7. The molecule has 0 spiro atoms. The number of anilines is 1. The summed E-state index contributed by atoms with van der Waals surface area (Å²) in [6.45, 7) is 14.7. The number of aryl methyl sites for hydroxylation is 2. The fourth-order valence-electron chi connectivity index (χ4n) is 9.02. The predicted molar refractivity (Wildman–Crippen MR) is 249 cm³/mol. The molecule has 2 heterocycles. The zero-order valence-corrected chi connectivity index (χ0v) is 43.1. The molecule has 0 aromatic heterocycles. The second-order valence-electron chi connectivity index (χ2n) is 18.9. The van der Waals surface area contributed by atoms with E-state index in [1.165, 1.54) is 28.6 Å². The number of allylic oxidation sites excluding steroid dienone is 7. The van der Waals surface area contributed by atoms with Crippen molar-refractivity contribution in [3.05, 3.63) is 130 Å². The molecule has 3 aromatic rings. The van der Waals surface area contributed by atoms with Gasteiger partial charge in [-0.3, -0.25) is 4.55 Å². The average molecular weight is 1040 g/mol. The van der Waals surface area contributed by atoms with Gasteiger partial charge in [-0.2, -0.15) is 13.0 Å². The van der Waals surface area contributed by atoms with Gasteiger partial charge in [0.05, 0.1) is 44.4 Å². The van der Waals surface area contributed by atoms with E-state index in [1.54, 1.807) is 6.07 Å². The van der Waals surface area contributed by atoms with Gasteiger partial charge < -0.3 is 14.7 Å². The number of hydrogen-bond acceptors (Lipinski definition) is 6. The number of carbonyl (C=O) groups is 1. The minimum atomic E-state index is -4.37. The van der Waals surface area contributed by atoms with Crippen molar-refractivity contribution < 1.29 is 31.6 Å². The fraction of sp³-hybridized carbons (Fsp3) is 0.440. The molecular weight excluding hydrogens is 973 g/mol. The zero-order chi connectivity index (χ0) is 44.3. The molecule has 322 valence electrons. The minimum Gasteiger partial charge on any atom is -0.282 e. The van der Waals surface area contributed by atoms with Gasteiger partial charge in [-0.1, -0.05) is 25.5 Å². The SMILES string of the molecule is CNCCCN1/C(=C/C=C2\CCCC(/C=C/C3=[N+](CCC[N+](C)(C)C)c4ccc(C)cc4C3(C)C)=C2Oc2ccc(CC[C](=O)[Tl])cc2)C(C)(C)c2cc(S(=O)(=O)O)ccc21. The summed E-state index contributed by atoms with van der Waals surface area (Å²) < 4.78 is 45.2. The van der Waals surface area contributed by atoms with Gasteiger partial charge in [0.15, 0.2) is 12.3 Å². The summed E-state index contributed by atoms with van der Waals surface area (Å²) in [4.78, 5) is 14.0. The van der Waals surface area contributed by atoms with Crippen LogP contribution in [-0.2, 0) is 32.2 Å². The van der Waals surface area contributed by atoms with E-state index >= 15 is 0 Å². The Kier molecular flexibility index (Phi) is 14.6. The van der Waals surface area contributed by atoms with Crippen LogP contribution >= 0.6 is 0 Å². The summed E-state index contributed by atoms with van der Waals surface area (Å²) in [5.74, 6) is 1.61. The number of hydrogen-bond donors (Lipinski definition) is 2. The van der Waals surface area contributed by atoms with Gasteiger partial charge in [0.25, 0.3) is 10.1 Å². The van der Waals surface area contributed by atoms with E-state index in [-0.39, 0.29) is 10.3 Å². The van der Waals surface area contributed by atoms with E-state index in [1.807, 2.05) is 25.2 Å². The van der Waals surface area contributed by atoms with Gasteiger partial charge in [-0.15, -0.1) is 0 Å². The molecule has 0 amide bonds. The fourth-order valence-corrected chi connectivity index (χ4v) is 10.1. The van der Waals surface area contributed by atoms with E-state index in [0.29, 0.717) is 35.5 Å². The second-order valence-corrected chi connectivity index (χ2v) is 22.9. The third kappa shape index (κ3) is 10.9. The summed E-state index contributed by atoms with van der Waals surface area (Å²) in [6, 6.07) is 20.0. The molecule has 3 aliphatic rings. The number of nitrogens with one attached hydrogen (secondary N) is 1. The number of carbonyl (C=O) groups excluding carboxylic acids is 1. The van der Waals surface area contributed by atoms with Crippen LogP contribution in [0.15, 0.2) is 112 Å². The second kappa shape index (κ2) is 19.0. The van der Waals surface area contributed by atoms with Crippen LogP contribution in [0.25, 0.3) is 0 Å². The zero-order valence-electron chi connectivity index (χ0n) is 37.8. The van der Waals surface area contributed by atoms with Crippen LogP contribution in [-0.4, -0.2) is 111 Å². The smallest absolute Gasteiger partial charge is 0.282 e. The third-order valence-corrected chi connectivity index (χ3v) is 14.4. The molecule has 0 fully saturated rings. The van der Waals surface area contributed by atoms with Gasteiger partial charge >= 0.3 is 148 Å². The molecule has 0 atom stereocenters. The van der Waals surface area contributed by atoms with Crippen molar-refractivity contribution in [2.75, 3.05) is 59.3 Å². The molecule has 0 saturated carbocycles. The van der Waals surface area contributed by atoms with Crippen LogP contribution in [0.1, 0.15) is 88.5 Å². The number of fused-ring (bicyclic) bond motifs is 2. The summed E-state index contributed by atoms with van der Waals surface area (Å²) in [5.41, 5.74) is 10.7. The Hall–Kier alpha value is -3.69. The van der Waals surface area contributed by atoms with Gasteiger partial charge in [-0.25, -0.2) is 0 Å². The molecule has 6 rings (SSSR count). The van der Waals surface area contributed by atoms with Crippen molar-refractivity contribution >= 4 is 56.3 Å². The first-order valence-electron chi connectivity index (χ1n) is 21.7. The largest absolute Gasteiger partial charge is 0.294 e. The van der Waals surface area contributed by atoms with Crippen molar-refractivity contribution in [1.29, 1.82) is 0 Å². The number of quaternary nitrogens is 1. The Morgan fingerprint density at radius 3 is 2.36 bits per heavy atom. The van der Waals surface area contributed by atoms with Crippen molar-refractivity contribution in [2.45, 2.75) is 95.3 Å². The Morgan fingerprint density at radius 1 is 0.951 bits per heavy atom. The summed E-state index contributed by atoms with van der Waals surface area (Å²) in [5, 5.41) is 3.26. The average Bonchev–Trinajstić information content (AvgIpc) is 3.52. The number of benzene rings is 3. The third-order valence-electron chi connectivity index (χ3n) is 12.4. The van der Waals surface area contributed by atoms with Crippen LogP contribution in [0.5, 0.6) is 5.75 Å². The van der Waals surface area contributed by atoms with E-state index in [2.05, 4.69) is 125 Å². The van der Waals surface area contributed by atoms with Crippen LogP contribution in [0.2, 0.25) is 0 Å². The Labute approximate surface area is 381 Å². The first-order valence-corrected chi connectivity index (χ1v) is 25.4. The predicted octanol–water partition coefficient (Wildman–Crippen LogP) is 8.63. The van der Waals surface area contributed by atoms with Crippen molar-refractivity contribution in [3.63, 3.8) is 0 Å². The van der Waals surface area contributed by atoms with Crippen molar-refractivity contribution in [2.24, 2.45) is 0 Å². The van der Waals surface area contributed by atoms with E-state index in [0.717, 1.165) is 114 Å². The van der Waals surface area contributed by atoms with Gasteiger partial charge in [0, 0.05) is 35.0 Å². The monoisotopic (exact) mass is 1040 g/mol. The number of ether oxygens (including phenoxy) is 1. The molecule has 0 radical (unpaired) electrons. The number of nitrogens with zero attached hydrogens (tertiary/aromatic N) is 3. The molecule has 0 bridgehead atoms. The molecule has 2 aliphatic heterocycles. The molecule has 0 saturated heterocycles. The maximum atomic E-state index is 12.3. The van der Waals surface area contributed by atoms with E-state index < -0.39 is 15.5 Å². The topological polar surface area (TPSA) is 99.0 Å². The van der Waals surface area contributed by atoms with Crippen molar-refractivity contribution in [3.8, 4) is 5.75 Å². The first kappa shape index (κ1) is 46.8. The Morgan fingerprint density at radius 2 is 1.69 bits per heavy atom. The van der Waals surface area contributed by atoms with Gasteiger partial charge in [0.2, 0.25) is 5.69 Å². The Balaban J connectivity index is 1.46. The van der Waals surface area contributed by atoms with Crippen LogP contribution in [0.4, 0.5) is 11.4 Å². The first-order chi connectivity index (χ1) is 28.7. The molecule has 3 aromatic carbocycles. The quantitative estimate of drug-likeness (QED) is 0.0460. The van der Waals surface area contributed by atoms with Gasteiger partial charge in [0.1, 0.15) is 0 Å². The Bertz CT molecular complexity index is 2420. The molecule has 61 heavy (non-hydrogen) atoms. The summed E-state index contributed by atoms with van der Waals surface area (Å²) in [6.07, 6.45) is 15.0. The number of rotatable bonds is 17. The molecule has 0 unspecified atom stereocenters. The maximum absolute atomic E-state index is 12.3. The van der Waals surface area contributed by atoms with E-state index in [4.69, 9.17) is 4.74 Å². The maximum Gasteiger partial charge on any atom is 0.294 e. The van der Waals surface area contributed by atoms with Crippen LogP contribution < -0.4 is 15.0 Å². The van der Waals surface area contributed by atoms with Crippen molar-refractivity contribution in [1.82, 2.24) is 5.32 Å². The molecule has 9 nitrogen and oxygen atoms in total. The molecule has 2 N–H and O–H groups in total. The molecule has 11 heteroatoms.